The standard InChI is InChI=1S/C14H18BrFN2S/c1-9-4-2-3-5-12(9)17-14(19)18-13-7-6-10(15)8-11(13)16/h6-9,12H,2-5H2,1H3,(H2,17,18,19)/t9-,12+/m0/s1. The molecule has 1 aromatic rings. The Labute approximate surface area is 127 Å². The van der Waals surface area contributed by atoms with E-state index in [0.29, 0.717) is 22.8 Å². The van der Waals surface area contributed by atoms with E-state index in [2.05, 4.69) is 33.5 Å². The number of halogens is 2. The van der Waals surface area contributed by atoms with Crippen molar-refractivity contribution < 1.29 is 4.39 Å². The van der Waals surface area contributed by atoms with Crippen molar-refractivity contribution in [3.8, 4) is 0 Å². The van der Waals surface area contributed by atoms with Gasteiger partial charge in [-0.2, -0.15) is 0 Å². The number of hydrogen-bond acceptors (Lipinski definition) is 1. The summed E-state index contributed by atoms with van der Waals surface area (Å²) >= 11 is 8.50. The lowest BCUT2D eigenvalue weighted by Gasteiger charge is -2.30. The number of thiocarbonyl (C=S) groups is 1. The second kappa shape index (κ2) is 6.66. The van der Waals surface area contributed by atoms with Crippen LogP contribution in [0.15, 0.2) is 22.7 Å². The van der Waals surface area contributed by atoms with Crippen LogP contribution in [0.3, 0.4) is 0 Å². The highest BCUT2D eigenvalue weighted by Gasteiger charge is 2.21. The van der Waals surface area contributed by atoms with Crippen molar-refractivity contribution in [2.75, 3.05) is 5.32 Å². The first-order valence-corrected chi connectivity index (χ1v) is 7.79. The first-order chi connectivity index (χ1) is 9.06. The van der Waals surface area contributed by atoms with Crippen molar-refractivity contribution in [1.29, 1.82) is 0 Å². The molecule has 2 atom stereocenters. The van der Waals surface area contributed by atoms with Crippen molar-refractivity contribution in [2.45, 2.75) is 38.6 Å². The molecule has 1 aromatic carbocycles. The van der Waals surface area contributed by atoms with Crippen molar-refractivity contribution in [2.24, 2.45) is 5.92 Å². The van der Waals surface area contributed by atoms with E-state index in [9.17, 15) is 4.39 Å². The number of anilines is 1. The zero-order valence-electron chi connectivity index (χ0n) is 10.9. The number of benzene rings is 1. The van der Waals surface area contributed by atoms with Gasteiger partial charge in [-0.15, -0.1) is 0 Å². The maximum atomic E-state index is 13.7. The molecule has 19 heavy (non-hydrogen) atoms. The second-order valence-corrected chi connectivity index (χ2v) is 6.41. The van der Waals surface area contributed by atoms with Crippen molar-refractivity contribution in [1.82, 2.24) is 5.32 Å². The van der Waals surface area contributed by atoms with Crippen LogP contribution in [-0.4, -0.2) is 11.2 Å². The molecule has 0 unspecified atom stereocenters. The minimum absolute atomic E-state index is 0.310. The summed E-state index contributed by atoms with van der Waals surface area (Å²) in [4.78, 5) is 0. The molecule has 2 nitrogen and oxygen atoms in total. The summed E-state index contributed by atoms with van der Waals surface area (Å²) in [5.74, 6) is 0.304. The van der Waals surface area contributed by atoms with Gasteiger partial charge in [-0.05, 0) is 49.2 Å². The molecule has 1 saturated carbocycles. The van der Waals surface area contributed by atoms with Crippen LogP contribution in [0.25, 0.3) is 0 Å². The summed E-state index contributed by atoms with van der Waals surface area (Å²) in [5.41, 5.74) is 0.407. The minimum atomic E-state index is -0.310. The Kier molecular flexibility index (Phi) is 5.16. The lowest BCUT2D eigenvalue weighted by molar-refractivity contribution is 0.309. The average Bonchev–Trinajstić information content (AvgIpc) is 2.36. The van der Waals surface area contributed by atoms with Gasteiger partial charge in [0.15, 0.2) is 5.11 Å². The van der Waals surface area contributed by atoms with Gasteiger partial charge >= 0.3 is 0 Å². The Morgan fingerprint density at radius 3 is 2.79 bits per heavy atom. The zero-order chi connectivity index (χ0) is 13.8. The first-order valence-electron chi connectivity index (χ1n) is 6.59. The van der Waals surface area contributed by atoms with E-state index in [1.165, 1.54) is 25.3 Å². The van der Waals surface area contributed by atoms with Gasteiger partial charge in [-0.3, -0.25) is 0 Å². The van der Waals surface area contributed by atoms with Gasteiger partial charge in [0.25, 0.3) is 0 Å². The van der Waals surface area contributed by atoms with E-state index < -0.39 is 0 Å². The van der Waals surface area contributed by atoms with Crippen LogP contribution in [0.5, 0.6) is 0 Å². The first kappa shape index (κ1) is 14.7. The van der Waals surface area contributed by atoms with Crippen molar-refractivity contribution >= 4 is 38.9 Å². The maximum Gasteiger partial charge on any atom is 0.171 e. The normalized spacial score (nSPS) is 22.9. The molecule has 0 amide bonds. The van der Waals surface area contributed by atoms with E-state index in [-0.39, 0.29) is 5.82 Å². The molecule has 5 heteroatoms. The highest BCUT2D eigenvalue weighted by atomic mass is 79.9. The van der Waals surface area contributed by atoms with Crippen LogP contribution in [0.2, 0.25) is 0 Å². The van der Waals surface area contributed by atoms with Crippen LogP contribution < -0.4 is 10.6 Å². The molecule has 0 saturated heterocycles. The molecular weight excluding hydrogens is 327 g/mol. The summed E-state index contributed by atoms with van der Waals surface area (Å²) in [5, 5.41) is 6.73. The van der Waals surface area contributed by atoms with E-state index in [1.807, 2.05) is 0 Å². The van der Waals surface area contributed by atoms with Gasteiger partial charge in [0.2, 0.25) is 0 Å². The van der Waals surface area contributed by atoms with E-state index in [4.69, 9.17) is 12.2 Å². The van der Waals surface area contributed by atoms with Gasteiger partial charge in [0, 0.05) is 10.5 Å². The molecule has 0 aliphatic heterocycles. The Bertz CT molecular complexity index is 467. The Balaban J connectivity index is 1.93. The predicted molar refractivity (Wildman–Crippen MR) is 84.9 cm³/mol. The highest BCUT2D eigenvalue weighted by Crippen LogP contribution is 2.24. The number of nitrogens with one attached hydrogen (secondary N) is 2. The lowest BCUT2D eigenvalue weighted by atomic mass is 9.86. The zero-order valence-corrected chi connectivity index (χ0v) is 13.3. The third-order valence-corrected chi connectivity index (χ3v) is 4.32. The third-order valence-electron chi connectivity index (χ3n) is 3.61. The van der Waals surface area contributed by atoms with Crippen LogP contribution in [-0.2, 0) is 0 Å². The molecule has 0 spiro atoms. The fourth-order valence-electron chi connectivity index (χ4n) is 2.45. The van der Waals surface area contributed by atoms with Crippen molar-refractivity contribution in [3.05, 3.63) is 28.5 Å². The van der Waals surface area contributed by atoms with Crippen molar-refractivity contribution in [3.63, 3.8) is 0 Å². The van der Waals surface area contributed by atoms with Gasteiger partial charge in [0.05, 0.1) is 5.69 Å². The number of rotatable bonds is 2. The quantitative estimate of drug-likeness (QED) is 0.775. The van der Waals surface area contributed by atoms with Gasteiger partial charge in [-0.1, -0.05) is 35.7 Å². The molecule has 2 rings (SSSR count). The fourth-order valence-corrected chi connectivity index (χ4v) is 3.04. The Hall–Kier alpha value is -0.680. The smallest absolute Gasteiger partial charge is 0.171 e. The molecule has 0 heterocycles. The molecule has 1 aliphatic rings. The Morgan fingerprint density at radius 1 is 1.37 bits per heavy atom. The highest BCUT2D eigenvalue weighted by molar-refractivity contribution is 9.10. The monoisotopic (exact) mass is 344 g/mol. The minimum Gasteiger partial charge on any atom is -0.359 e. The molecule has 0 aromatic heterocycles. The second-order valence-electron chi connectivity index (χ2n) is 5.09. The van der Waals surface area contributed by atoms with Crippen LogP contribution in [0.1, 0.15) is 32.6 Å². The number of hydrogen-bond donors (Lipinski definition) is 2. The topological polar surface area (TPSA) is 24.1 Å². The summed E-state index contributed by atoms with van der Waals surface area (Å²) < 4.78 is 14.4. The summed E-state index contributed by atoms with van der Waals surface area (Å²) in [6.45, 7) is 2.24. The van der Waals surface area contributed by atoms with E-state index in [0.717, 1.165) is 10.9 Å². The largest absolute Gasteiger partial charge is 0.359 e. The molecular formula is C14H18BrFN2S. The van der Waals surface area contributed by atoms with E-state index >= 15 is 0 Å². The molecule has 1 fully saturated rings. The van der Waals surface area contributed by atoms with Gasteiger partial charge < -0.3 is 10.6 Å². The van der Waals surface area contributed by atoms with Crippen LogP contribution in [0.4, 0.5) is 10.1 Å². The van der Waals surface area contributed by atoms with Crippen LogP contribution in [0, 0.1) is 11.7 Å². The third kappa shape index (κ3) is 4.14. The van der Waals surface area contributed by atoms with Crippen LogP contribution >= 0.6 is 28.1 Å². The van der Waals surface area contributed by atoms with Gasteiger partial charge in [-0.25, -0.2) is 4.39 Å². The predicted octanol–water partition coefficient (Wildman–Crippen LogP) is 4.45. The summed E-state index contributed by atoms with van der Waals surface area (Å²) in [6.07, 6.45) is 4.89. The van der Waals surface area contributed by atoms with Gasteiger partial charge in [0.1, 0.15) is 5.82 Å². The average molecular weight is 345 g/mol. The molecule has 0 bridgehead atoms. The maximum absolute atomic E-state index is 13.7. The Morgan fingerprint density at radius 2 is 2.11 bits per heavy atom. The van der Waals surface area contributed by atoms with E-state index in [1.54, 1.807) is 12.1 Å². The molecule has 1 aliphatic carbocycles. The lowest BCUT2D eigenvalue weighted by Crippen LogP contribution is -2.43. The summed E-state index contributed by atoms with van der Waals surface area (Å²) in [7, 11) is 0. The molecule has 2 N–H and O–H groups in total. The SMILES string of the molecule is C[C@H]1CCCC[C@H]1NC(=S)Nc1ccc(Br)cc1F. The molecule has 0 radical (unpaired) electrons. The summed E-state index contributed by atoms with van der Waals surface area (Å²) in [6, 6.07) is 5.29. The molecule has 104 valence electrons. The fraction of sp³-hybridized carbons (Fsp3) is 0.500.